The normalized spacial score (nSPS) is 44.8. The summed E-state index contributed by atoms with van der Waals surface area (Å²) in [6.45, 7) is 4.72. The Kier molecular flexibility index (Phi) is 4.66. The van der Waals surface area contributed by atoms with Crippen LogP contribution < -0.4 is 0 Å². The smallest absolute Gasteiger partial charge is 0.338 e. The van der Waals surface area contributed by atoms with E-state index in [1.165, 1.54) is 0 Å². The second-order valence-electron chi connectivity index (χ2n) is 11.0. The number of carbonyl (C=O) groups is 2. The molecule has 1 aromatic carbocycles. The van der Waals surface area contributed by atoms with Gasteiger partial charge in [-0.25, -0.2) is 4.79 Å². The van der Waals surface area contributed by atoms with Crippen LogP contribution >= 0.6 is 0 Å². The summed E-state index contributed by atoms with van der Waals surface area (Å²) in [5.41, 5.74) is 0.541. The van der Waals surface area contributed by atoms with E-state index in [1.54, 1.807) is 12.1 Å². The Balaban J connectivity index is 1.53. The monoisotopic (exact) mass is 410 g/mol. The topological polar surface area (TPSA) is 63.6 Å². The van der Waals surface area contributed by atoms with E-state index < -0.39 is 0 Å². The van der Waals surface area contributed by atoms with Crippen molar-refractivity contribution in [2.75, 3.05) is 6.61 Å². The summed E-state index contributed by atoms with van der Waals surface area (Å²) in [7, 11) is 0. The molecule has 0 saturated heterocycles. The molecule has 1 aromatic rings. The number of aliphatic hydroxyl groups excluding tert-OH is 1. The lowest BCUT2D eigenvalue weighted by atomic mass is 9.39. The molecule has 0 amide bonds. The van der Waals surface area contributed by atoms with Crippen LogP contribution in [0.5, 0.6) is 0 Å². The second-order valence-corrected chi connectivity index (χ2v) is 11.0. The van der Waals surface area contributed by atoms with Crippen molar-refractivity contribution >= 4 is 11.8 Å². The van der Waals surface area contributed by atoms with Crippen LogP contribution in [0.4, 0.5) is 0 Å². The number of ether oxygens (including phenoxy) is 1. The molecule has 0 unspecified atom stereocenters. The fraction of sp³-hybridized carbons (Fsp3) is 0.692. The zero-order valence-corrected chi connectivity index (χ0v) is 18.2. The van der Waals surface area contributed by atoms with E-state index in [0.717, 1.165) is 44.9 Å². The third-order valence-electron chi connectivity index (χ3n) is 9.79. The van der Waals surface area contributed by atoms with E-state index in [1.807, 2.05) is 18.2 Å². The highest BCUT2D eigenvalue weighted by molar-refractivity contribution is 5.89. The summed E-state index contributed by atoms with van der Waals surface area (Å²) in [6.07, 6.45) is 7.44. The summed E-state index contributed by atoms with van der Waals surface area (Å²) in [4.78, 5) is 26.0. The van der Waals surface area contributed by atoms with E-state index in [0.29, 0.717) is 17.8 Å². The molecule has 1 spiro atoms. The predicted molar refractivity (Wildman–Crippen MR) is 114 cm³/mol. The van der Waals surface area contributed by atoms with E-state index in [9.17, 15) is 14.7 Å². The van der Waals surface area contributed by atoms with Crippen molar-refractivity contribution in [1.82, 2.24) is 0 Å². The first-order valence-electron chi connectivity index (χ1n) is 11.7. The van der Waals surface area contributed by atoms with Crippen LogP contribution in [-0.4, -0.2) is 29.6 Å². The van der Waals surface area contributed by atoms with Crippen LogP contribution in [0.2, 0.25) is 0 Å². The Morgan fingerprint density at radius 3 is 2.67 bits per heavy atom. The number of rotatable bonds is 3. The van der Waals surface area contributed by atoms with E-state index in [4.69, 9.17) is 4.74 Å². The molecule has 4 nitrogen and oxygen atoms in total. The van der Waals surface area contributed by atoms with Crippen LogP contribution in [0.25, 0.3) is 0 Å². The van der Waals surface area contributed by atoms with Gasteiger partial charge in [0, 0.05) is 24.4 Å². The largest absolute Gasteiger partial charge is 0.458 e. The number of aliphatic hydroxyl groups is 1. The number of ketones is 1. The van der Waals surface area contributed by atoms with Crippen molar-refractivity contribution in [2.24, 2.45) is 34.0 Å². The molecule has 7 atom stereocenters. The molecule has 4 saturated carbocycles. The Hall–Kier alpha value is -1.68. The zero-order valence-electron chi connectivity index (χ0n) is 18.2. The van der Waals surface area contributed by atoms with E-state index in [-0.39, 0.29) is 52.7 Å². The van der Waals surface area contributed by atoms with Gasteiger partial charge in [-0.05, 0) is 73.3 Å². The number of carbonyl (C=O) groups excluding carboxylic acids is 2. The van der Waals surface area contributed by atoms with Crippen molar-refractivity contribution < 1.29 is 19.4 Å². The Bertz CT molecular complexity index is 850. The van der Waals surface area contributed by atoms with Gasteiger partial charge in [0.1, 0.15) is 11.9 Å². The van der Waals surface area contributed by atoms with Gasteiger partial charge in [-0.15, -0.1) is 0 Å². The number of hydrogen-bond acceptors (Lipinski definition) is 4. The summed E-state index contributed by atoms with van der Waals surface area (Å²) in [6, 6.07) is 9.19. The molecule has 2 bridgehead atoms. The van der Waals surface area contributed by atoms with Gasteiger partial charge >= 0.3 is 5.97 Å². The van der Waals surface area contributed by atoms with Gasteiger partial charge in [-0.3, -0.25) is 4.79 Å². The lowest BCUT2D eigenvalue weighted by Crippen LogP contribution is -2.63. The van der Waals surface area contributed by atoms with Gasteiger partial charge in [0.2, 0.25) is 0 Å². The van der Waals surface area contributed by atoms with Crippen molar-refractivity contribution in [3.05, 3.63) is 35.9 Å². The van der Waals surface area contributed by atoms with Gasteiger partial charge in [-0.1, -0.05) is 38.5 Å². The van der Waals surface area contributed by atoms with Gasteiger partial charge in [0.05, 0.1) is 5.56 Å². The van der Waals surface area contributed by atoms with Crippen molar-refractivity contribution in [1.29, 1.82) is 0 Å². The molecule has 0 aromatic heterocycles. The zero-order chi connectivity index (χ0) is 21.1. The SMILES string of the molecule is C[C@]12CC[C@]3(C1)[C@H](CC2=O)C[C@@H](OC(=O)c1ccccc1)[C@H]1[C@H](CO)CCC[C@@]13C. The summed E-state index contributed by atoms with van der Waals surface area (Å²) < 4.78 is 6.20. The molecule has 0 heterocycles. The molecule has 5 rings (SSSR count). The highest BCUT2D eigenvalue weighted by atomic mass is 16.5. The first-order valence-corrected chi connectivity index (χ1v) is 11.7. The lowest BCUT2D eigenvalue weighted by molar-refractivity contribution is -0.202. The molecule has 4 aliphatic rings. The highest BCUT2D eigenvalue weighted by Gasteiger charge is 2.70. The molecule has 162 valence electrons. The second kappa shape index (κ2) is 6.91. The third-order valence-corrected chi connectivity index (χ3v) is 9.79. The number of benzene rings is 1. The summed E-state index contributed by atoms with van der Waals surface area (Å²) in [5, 5.41) is 10.3. The van der Waals surface area contributed by atoms with Gasteiger partial charge in [0.25, 0.3) is 0 Å². The fourth-order valence-corrected chi connectivity index (χ4v) is 8.31. The Labute approximate surface area is 179 Å². The van der Waals surface area contributed by atoms with Gasteiger partial charge in [0.15, 0.2) is 0 Å². The lowest BCUT2D eigenvalue weighted by Gasteiger charge is -2.65. The molecule has 1 N–H and O–H groups in total. The van der Waals surface area contributed by atoms with Gasteiger partial charge < -0.3 is 9.84 Å². The third kappa shape index (κ3) is 2.68. The van der Waals surface area contributed by atoms with E-state index >= 15 is 0 Å². The molecule has 0 radical (unpaired) electrons. The maximum absolute atomic E-state index is 13.0. The highest BCUT2D eigenvalue weighted by Crippen LogP contribution is 2.74. The molecule has 0 aliphatic heterocycles. The van der Waals surface area contributed by atoms with Crippen molar-refractivity contribution in [3.63, 3.8) is 0 Å². The van der Waals surface area contributed by atoms with Crippen molar-refractivity contribution in [3.8, 4) is 0 Å². The number of Topliss-reactive ketones (excluding diaryl/α,β-unsaturated/α-hetero) is 1. The van der Waals surface area contributed by atoms with Crippen LogP contribution in [-0.2, 0) is 9.53 Å². The molecular weight excluding hydrogens is 376 g/mol. The standard InChI is InChI=1S/C26H34O4/c1-24-11-12-26(16-24)19(14-21(24)28)13-20(30-23(29)17-7-4-3-5-8-17)22-18(15-27)9-6-10-25(22,26)2/h3-5,7-8,18-20,22,27H,6,9-16H2,1-2H3/t18-,19-,20+,22+,24-,25-,26-/m0/s1. The average molecular weight is 411 g/mol. The molecular formula is C26H34O4. The Morgan fingerprint density at radius 2 is 1.93 bits per heavy atom. The molecule has 4 fully saturated rings. The minimum atomic E-state index is -0.278. The first-order chi connectivity index (χ1) is 14.3. The number of fused-ring (bicyclic) bond motifs is 2. The maximum Gasteiger partial charge on any atom is 0.338 e. The van der Waals surface area contributed by atoms with Crippen LogP contribution in [0.15, 0.2) is 30.3 Å². The molecule has 4 heteroatoms. The molecule has 30 heavy (non-hydrogen) atoms. The predicted octanol–water partition coefficient (Wildman–Crippen LogP) is 4.80. The fourth-order valence-electron chi connectivity index (χ4n) is 8.31. The van der Waals surface area contributed by atoms with Crippen LogP contribution in [0.3, 0.4) is 0 Å². The van der Waals surface area contributed by atoms with E-state index in [2.05, 4.69) is 13.8 Å². The number of esters is 1. The van der Waals surface area contributed by atoms with Crippen LogP contribution in [0, 0.1) is 34.0 Å². The van der Waals surface area contributed by atoms with Crippen molar-refractivity contribution in [2.45, 2.75) is 71.3 Å². The van der Waals surface area contributed by atoms with Crippen LogP contribution in [0.1, 0.15) is 75.6 Å². The Morgan fingerprint density at radius 1 is 1.17 bits per heavy atom. The molecule has 4 aliphatic carbocycles. The average Bonchev–Trinajstić information content (AvgIpc) is 3.08. The first kappa shape index (κ1) is 20.2. The summed E-state index contributed by atoms with van der Waals surface area (Å²) in [5.74, 6) is 0.741. The number of hydrogen-bond donors (Lipinski definition) is 1. The summed E-state index contributed by atoms with van der Waals surface area (Å²) >= 11 is 0. The minimum absolute atomic E-state index is 0.00164. The maximum atomic E-state index is 13.0. The van der Waals surface area contributed by atoms with Gasteiger partial charge in [-0.2, -0.15) is 0 Å². The minimum Gasteiger partial charge on any atom is -0.458 e. The quantitative estimate of drug-likeness (QED) is 0.727.